The molecule has 2 nitrogen and oxygen atoms in total. The van der Waals surface area contributed by atoms with Gasteiger partial charge in [-0.15, -0.1) is 0 Å². The Labute approximate surface area is 62.0 Å². The fourth-order valence-electron chi connectivity index (χ4n) is 1.24. The molecule has 0 aromatic carbocycles. The van der Waals surface area contributed by atoms with Gasteiger partial charge in [-0.3, -0.25) is 0 Å². The highest BCUT2D eigenvalue weighted by atomic mass is 16.5. The highest BCUT2D eigenvalue weighted by Crippen LogP contribution is 2.30. The average Bonchev–Trinajstić information content (AvgIpc) is 2.35. The van der Waals surface area contributed by atoms with Crippen molar-refractivity contribution >= 4 is 0 Å². The summed E-state index contributed by atoms with van der Waals surface area (Å²) >= 11 is 0. The topological polar surface area (TPSA) is 13.6 Å². The maximum Gasteiger partial charge on any atom is 0.259 e. The summed E-state index contributed by atoms with van der Waals surface area (Å²) < 4.78 is 5.20. The molecule has 0 spiro atoms. The van der Waals surface area contributed by atoms with Crippen LogP contribution in [0.3, 0.4) is 0 Å². The summed E-state index contributed by atoms with van der Waals surface area (Å²) in [5.41, 5.74) is -0.194. The molecule has 0 radical (unpaired) electrons. The second kappa shape index (κ2) is 2.59. The van der Waals surface area contributed by atoms with Crippen LogP contribution in [0, 0.1) is 12.5 Å². The van der Waals surface area contributed by atoms with Crippen LogP contribution in [0.1, 0.15) is 20.3 Å². The molecule has 0 bridgehead atoms. The molecule has 0 N–H and O–H groups in total. The molecule has 0 saturated carbocycles. The lowest BCUT2D eigenvalue weighted by atomic mass is 9.87. The highest BCUT2D eigenvalue weighted by Gasteiger charge is 2.44. The Morgan fingerprint density at radius 3 is 2.50 bits per heavy atom. The van der Waals surface area contributed by atoms with Gasteiger partial charge >= 0.3 is 0 Å². The maximum atomic E-state index is 7.02. The van der Waals surface area contributed by atoms with E-state index in [1.54, 1.807) is 0 Å². The van der Waals surface area contributed by atoms with E-state index in [9.17, 15) is 0 Å². The van der Waals surface area contributed by atoms with E-state index < -0.39 is 0 Å². The summed E-state index contributed by atoms with van der Waals surface area (Å²) in [6.07, 6.45) is 0.911. The molecule has 0 amide bonds. The van der Waals surface area contributed by atoms with Crippen molar-refractivity contribution in [2.24, 2.45) is 5.92 Å². The SMILES string of the molecule is [C-]#[N+]C1(C(C)C)CCOC1. The molecular weight excluding hydrogens is 126 g/mol. The number of nitrogens with zero attached hydrogens (tertiary/aromatic N) is 1. The summed E-state index contributed by atoms with van der Waals surface area (Å²) in [4.78, 5) is 3.64. The van der Waals surface area contributed by atoms with Gasteiger partial charge in [-0.05, 0) is 0 Å². The van der Waals surface area contributed by atoms with Gasteiger partial charge < -0.3 is 9.58 Å². The van der Waals surface area contributed by atoms with E-state index in [1.807, 2.05) is 0 Å². The van der Waals surface area contributed by atoms with Gasteiger partial charge in [0, 0.05) is 5.92 Å². The van der Waals surface area contributed by atoms with Crippen molar-refractivity contribution in [2.75, 3.05) is 13.2 Å². The van der Waals surface area contributed by atoms with E-state index in [1.165, 1.54) is 0 Å². The number of hydrogen-bond acceptors (Lipinski definition) is 1. The summed E-state index contributed by atoms with van der Waals surface area (Å²) in [6.45, 7) is 12.6. The van der Waals surface area contributed by atoms with Crippen LogP contribution in [0.4, 0.5) is 0 Å². The van der Waals surface area contributed by atoms with Crippen LogP contribution in [0.15, 0.2) is 0 Å². The van der Waals surface area contributed by atoms with E-state index in [2.05, 4.69) is 18.7 Å². The van der Waals surface area contributed by atoms with Gasteiger partial charge in [-0.2, -0.15) is 0 Å². The first kappa shape index (κ1) is 7.56. The second-order valence-corrected chi connectivity index (χ2v) is 3.17. The van der Waals surface area contributed by atoms with Crippen molar-refractivity contribution in [3.05, 3.63) is 11.4 Å². The molecule has 10 heavy (non-hydrogen) atoms. The minimum absolute atomic E-state index is 0.194. The van der Waals surface area contributed by atoms with E-state index >= 15 is 0 Å². The largest absolute Gasteiger partial charge is 0.373 e. The first-order valence-corrected chi connectivity index (χ1v) is 3.68. The van der Waals surface area contributed by atoms with Gasteiger partial charge in [0.1, 0.15) is 6.61 Å². The summed E-state index contributed by atoms with van der Waals surface area (Å²) in [7, 11) is 0. The number of ether oxygens (including phenoxy) is 1. The first-order chi connectivity index (χ1) is 4.71. The lowest BCUT2D eigenvalue weighted by Crippen LogP contribution is -2.31. The predicted octanol–water partition coefficient (Wildman–Crippen LogP) is 1.72. The molecule has 0 aromatic rings. The van der Waals surface area contributed by atoms with E-state index in [-0.39, 0.29) is 5.54 Å². The monoisotopic (exact) mass is 139 g/mol. The molecular formula is C8H13NO. The molecule has 0 aliphatic carbocycles. The zero-order valence-electron chi connectivity index (χ0n) is 6.55. The zero-order chi connectivity index (χ0) is 7.61. The van der Waals surface area contributed by atoms with Gasteiger partial charge in [0.25, 0.3) is 5.54 Å². The molecule has 0 aromatic heterocycles. The Morgan fingerprint density at radius 1 is 1.60 bits per heavy atom. The highest BCUT2D eigenvalue weighted by molar-refractivity contribution is 5.03. The molecule has 1 rings (SSSR count). The maximum absolute atomic E-state index is 7.02. The van der Waals surface area contributed by atoms with Crippen LogP contribution < -0.4 is 0 Å². The Bertz CT molecular complexity index is 151. The molecule has 2 heteroatoms. The van der Waals surface area contributed by atoms with Crippen molar-refractivity contribution in [3.8, 4) is 0 Å². The lowest BCUT2D eigenvalue weighted by Gasteiger charge is -2.17. The van der Waals surface area contributed by atoms with Crippen molar-refractivity contribution in [3.63, 3.8) is 0 Å². The van der Waals surface area contributed by atoms with Crippen LogP contribution in [0.25, 0.3) is 4.85 Å². The molecule has 56 valence electrons. The van der Waals surface area contributed by atoms with Crippen LogP contribution >= 0.6 is 0 Å². The summed E-state index contributed by atoms with van der Waals surface area (Å²) in [5.74, 6) is 0.424. The zero-order valence-corrected chi connectivity index (χ0v) is 6.55. The Hall–Kier alpha value is -0.550. The van der Waals surface area contributed by atoms with Gasteiger partial charge in [-0.1, -0.05) is 13.8 Å². The second-order valence-electron chi connectivity index (χ2n) is 3.17. The summed E-state index contributed by atoms with van der Waals surface area (Å²) in [6, 6.07) is 0. The van der Waals surface area contributed by atoms with Crippen LogP contribution in [0.5, 0.6) is 0 Å². The minimum Gasteiger partial charge on any atom is -0.373 e. The van der Waals surface area contributed by atoms with Gasteiger partial charge in [0.15, 0.2) is 0 Å². The number of rotatable bonds is 1. The lowest BCUT2D eigenvalue weighted by molar-refractivity contribution is 0.175. The molecule has 1 aliphatic heterocycles. The van der Waals surface area contributed by atoms with Crippen molar-refractivity contribution in [2.45, 2.75) is 25.8 Å². The molecule has 1 aliphatic rings. The van der Waals surface area contributed by atoms with Crippen molar-refractivity contribution in [1.29, 1.82) is 0 Å². The standard InChI is InChI=1S/C8H13NO/c1-7(2)8(9-3)4-5-10-6-8/h7H,4-6H2,1-2H3. The van der Waals surface area contributed by atoms with Gasteiger partial charge in [0.05, 0.1) is 13.0 Å². The van der Waals surface area contributed by atoms with Crippen LogP contribution in [-0.4, -0.2) is 18.8 Å². The molecule has 1 heterocycles. The Morgan fingerprint density at radius 2 is 2.30 bits per heavy atom. The third kappa shape index (κ3) is 1.02. The van der Waals surface area contributed by atoms with Gasteiger partial charge in [-0.25, -0.2) is 6.57 Å². The Balaban J connectivity index is 2.70. The predicted molar refractivity (Wildman–Crippen MR) is 39.6 cm³/mol. The van der Waals surface area contributed by atoms with Crippen LogP contribution in [-0.2, 0) is 4.74 Å². The quantitative estimate of drug-likeness (QED) is 0.504. The smallest absolute Gasteiger partial charge is 0.259 e. The molecule has 1 unspecified atom stereocenters. The third-order valence-electron chi connectivity index (χ3n) is 2.33. The van der Waals surface area contributed by atoms with E-state index in [0.29, 0.717) is 12.5 Å². The van der Waals surface area contributed by atoms with Crippen molar-refractivity contribution in [1.82, 2.24) is 0 Å². The van der Waals surface area contributed by atoms with Crippen molar-refractivity contribution < 1.29 is 4.74 Å². The molecule has 1 saturated heterocycles. The fourth-order valence-corrected chi connectivity index (χ4v) is 1.24. The normalized spacial score (nSPS) is 32.6. The van der Waals surface area contributed by atoms with E-state index in [4.69, 9.17) is 11.3 Å². The average molecular weight is 139 g/mol. The summed E-state index contributed by atoms with van der Waals surface area (Å²) in [5, 5.41) is 0. The van der Waals surface area contributed by atoms with E-state index in [0.717, 1.165) is 13.0 Å². The Kier molecular flexibility index (Phi) is 1.96. The number of hydrogen-bond donors (Lipinski definition) is 0. The fraction of sp³-hybridized carbons (Fsp3) is 0.875. The molecule has 1 fully saturated rings. The minimum atomic E-state index is -0.194. The third-order valence-corrected chi connectivity index (χ3v) is 2.33. The van der Waals surface area contributed by atoms with Gasteiger partial charge in [0.2, 0.25) is 0 Å². The molecule has 1 atom stereocenters. The van der Waals surface area contributed by atoms with Crippen LogP contribution in [0.2, 0.25) is 0 Å². The first-order valence-electron chi connectivity index (χ1n) is 3.68.